The molecule has 0 atom stereocenters. The highest BCUT2D eigenvalue weighted by atomic mass is 15.3. The van der Waals surface area contributed by atoms with Gasteiger partial charge in [0, 0.05) is 11.4 Å². The Labute approximate surface area is 309 Å². The molecule has 0 radical (unpaired) electrons. The van der Waals surface area contributed by atoms with Crippen molar-refractivity contribution in [2.45, 2.75) is 91.4 Å². The molecule has 2 heterocycles. The molecule has 0 bridgehead atoms. The van der Waals surface area contributed by atoms with E-state index in [1.807, 2.05) is 0 Å². The Morgan fingerprint density at radius 1 is 0.385 bits per heavy atom. The summed E-state index contributed by atoms with van der Waals surface area (Å²) in [6.07, 6.45) is 0. The quantitative estimate of drug-likeness (QED) is 0.170. The molecule has 0 unspecified atom stereocenters. The third-order valence-corrected chi connectivity index (χ3v) is 12.6. The summed E-state index contributed by atoms with van der Waals surface area (Å²) in [5.41, 5.74) is 8.87. The zero-order valence-electron chi connectivity index (χ0n) is 32.3. The number of nitrogens with zero attached hydrogens (tertiary/aromatic N) is 4. The van der Waals surface area contributed by atoms with E-state index in [0.29, 0.717) is 0 Å². The van der Waals surface area contributed by atoms with Crippen LogP contribution in [0.5, 0.6) is 0 Å². The van der Waals surface area contributed by atoms with Crippen molar-refractivity contribution >= 4 is 44.6 Å². The predicted octanol–water partition coefficient (Wildman–Crippen LogP) is 12.6. The third kappa shape index (κ3) is 5.02. The molecule has 0 amide bonds. The number of rotatable bonds is 5. The van der Waals surface area contributed by atoms with Crippen LogP contribution in [-0.4, -0.2) is 33.8 Å². The van der Waals surface area contributed by atoms with Crippen molar-refractivity contribution in [3.63, 3.8) is 0 Å². The molecule has 6 aromatic carbocycles. The van der Waals surface area contributed by atoms with E-state index in [-0.39, 0.29) is 22.2 Å². The molecule has 0 aliphatic carbocycles. The lowest BCUT2D eigenvalue weighted by molar-refractivity contribution is 0.338. The zero-order chi connectivity index (χ0) is 36.8. The maximum Gasteiger partial charge on any atom is 0.102 e. The number of hydrogen-bond acceptors (Lipinski definition) is 4. The van der Waals surface area contributed by atoms with Crippen molar-refractivity contribution in [1.29, 1.82) is 0 Å². The Morgan fingerprint density at radius 2 is 0.808 bits per heavy atom. The maximum absolute atomic E-state index is 5.11. The smallest absolute Gasteiger partial charge is 0.102 e. The van der Waals surface area contributed by atoms with Crippen molar-refractivity contribution in [3.8, 4) is 33.4 Å². The lowest BCUT2D eigenvalue weighted by Crippen LogP contribution is -2.53. The minimum absolute atomic E-state index is 0.179. The average molecular weight is 683 g/mol. The molecule has 8 rings (SSSR count). The number of aliphatic imine (C=N–C) groups is 2. The summed E-state index contributed by atoms with van der Waals surface area (Å²) in [4.78, 5) is 15.1. The van der Waals surface area contributed by atoms with E-state index in [1.54, 1.807) is 0 Å². The van der Waals surface area contributed by atoms with E-state index in [9.17, 15) is 0 Å². The third-order valence-electron chi connectivity index (χ3n) is 12.6. The van der Waals surface area contributed by atoms with Crippen LogP contribution in [0.4, 0.5) is 11.4 Å². The maximum atomic E-state index is 5.11. The standard InChI is InChI=1S/C48H50N4/c1-31-49-45(3,4)47(7,8)51(31)37-22-16-20-35(28-37)43-39-24-14-15-25-40(39)44(42-30-34(26-27-41(42)43)33-18-12-11-13-19-33)36-21-17-23-38(29-36)52-32(2)50-46(5,6)48(52,9)10/h11-30H,1-10H3. The Morgan fingerprint density at radius 3 is 1.27 bits per heavy atom. The number of benzene rings is 6. The summed E-state index contributed by atoms with van der Waals surface area (Å²) in [7, 11) is 0. The number of amidine groups is 2. The fourth-order valence-corrected chi connectivity index (χ4v) is 8.77. The summed E-state index contributed by atoms with van der Waals surface area (Å²) >= 11 is 0. The largest absolute Gasteiger partial charge is 0.322 e. The van der Waals surface area contributed by atoms with Crippen LogP contribution in [0.2, 0.25) is 0 Å². The molecule has 0 saturated carbocycles. The Kier molecular flexibility index (Phi) is 7.59. The van der Waals surface area contributed by atoms with Crippen molar-refractivity contribution in [2.24, 2.45) is 9.98 Å². The van der Waals surface area contributed by atoms with Crippen molar-refractivity contribution in [3.05, 3.63) is 121 Å². The van der Waals surface area contributed by atoms with Crippen LogP contribution in [0.1, 0.15) is 69.2 Å². The van der Waals surface area contributed by atoms with E-state index < -0.39 is 0 Å². The van der Waals surface area contributed by atoms with Gasteiger partial charge >= 0.3 is 0 Å². The van der Waals surface area contributed by atoms with Gasteiger partial charge in [-0.2, -0.15) is 0 Å². The van der Waals surface area contributed by atoms with Gasteiger partial charge in [0.2, 0.25) is 0 Å². The van der Waals surface area contributed by atoms with Gasteiger partial charge in [-0.3, -0.25) is 9.98 Å². The van der Waals surface area contributed by atoms with Gasteiger partial charge < -0.3 is 9.80 Å². The molecule has 52 heavy (non-hydrogen) atoms. The molecular weight excluding hydrogens is 633 g/mol. The second-order valence-corrected chi connectivity index (χ2v) is 16.7. The molecule has 4 heteroatoms. The molecule has 4 nitrogen and oxygen atoms in total. The molecular formula is C48H50N4. The molecule has 2 aliphatic heterocycles. The predicted molar refractivity (Wildman–Crippen MR) is 225 cm³/mol. The number of fused-ring (bicyclic) bond motifs is 2. The van der Waals surface area contributed by atoms with Crippen molar-refractivity contribution in [2.75, 3.05) is 9.80 Å². The summed E-state index contributed by atoms with van der Waals surface area (Å²) in [6.45, 7) is 22.4. The van der Waals surface area contributed by atoms with Crippen LogP contribution in [0, 0.1) is 0 Å². The van der Waals surface area contributed by atoms with Crippen LogP contribution in [0.3, 0.4) is 0 Å². The Balaban J connectivity index is 1.40. The highest BCUT2D eigenvalue weighted by Gasteiger charge is 2.49. The van der Waals surface area contributed by atoms with E-state index in [1.165, 1.54) is 54.9 Å². The first-order chi connectivity index (χ1) is 24.6. The van der Waals surface area contributed by atoms with E-state index in [4.69, 9.17) is 9.98 Å². The summed E-state index contributed by atoms with van der Waals surface area (Å²) < 4.78 is 0. The summed E-state index contributed by atoms with van der Waals surface area (Å²) in [5, 5.41) is 4.96. The van der Waals surface area contributed by atoms with Gasteiger partial charge in [-0.05, 0) is 154 Å². The monoisotopic (exact) mass is 682 g/mol. The number of hydrogen-bond donors (Lipinski definition) is 0. The fourth-order valence-electron chi connectivity index (χ4n) is 8.77. The van der Waals surface area contributed by atoms with Gasteiger partial charge in [-0.15, -0.1) is 0 Å². The van der Waals surface area contributed by atoms with Gasteiger partial charge in [-0.1, -0.05) is 91.0 Å². The average Bonchev–Trinajstić information content (AvgIpc) is 3.38. The van der Waals surface area contributed by atoms with Crippen molar-refractivity contribution < 1.29 is 0 Å². The topological polar surface area (TPSA) is 31.2 Å². The van der Waals surface area contributed by atoms with Crippen LogP contribution in [-0.2, 0) is 0 Å². The van der Waals surface area contributed by atoms with Crippen LogP contribution >= 0.6 is 0 Å². The van der Waals surface area contributed by atoms with E-state index in [0.717, 1.165) is 23.0 Å². The highest BCUT2D eigenvalue weighted by Crippen LogP contribution is 2.48. The molecule has 0 N–H and O–H groups in total. The van der Waals surface area contributed by atoms with Gasteiger partial charge in [0.25, 0.3) is 0 Å². The first-order valence-corrected chi connectivity index (χ1v) is 18.6. The van der Waals surface area contributed by atoms with Crippen LogP contribution in [0.25, 0.3) is 54.9 Å². The molecule has 6 aromatic rings. The highest BCUT2D eigenvalue weighted by molar-refractivity contribution is 6.22. The minimum atomic E-state index is -0.211. The minimum Gasteiger partial charge on any atom is -0.322 e. The summed E-state index contributed by atoms with van der Waals surface area (Å²) in [5.74, 6) is 2.10. The molecule has 0 saturated heterocycles. The normalized spacial score (nSPS) is 18.6. The molecule has 0 aromatic heterocycles. The molecule has 262 valence electrons. The molecule has 0 fully saturated rings. The second kappa shape index (κ2) is 11.6. The first-order valence-electron chi connectivity index (χ1n) is 18.6. The van der Waals surface area contributed by atoms with E-state index >= 15 is 0 Å². The van der Waals surface area contributed by atoms with Gasteiger partial charge in [0.05, 0.1) is 22.2 Å². The SMILES string of the molecule is CC1=NC(C)(C)C(C)(C)N1c1cccc(-c2c3ccccc3c(-c3cccc(N4C(C)=NC(C)(C)C4(C)C)c3)c3cc(-c4ccccc4)ccc23)c1. The van der Waals surface area contributed by atoms with Crippen LogP contribution in [0.15, 0.2) is 131 Å². The molecule has 2 aliphatic rings. The molecule has 0 spiro atoms. The van der Waals surface area contributed by atoms with E-state index in [2.05, 4.69) is 200 Å². The second-order valence-electron chi connectivity index (χ2n) is 16.7. The van der Waals surface area contributed by atoms with Crippen LogP contribution < -0.4 is 9.80 Å². The zero-order valence-corrected chi connectivity index (χ0v) is 32.3. The lowest BCUT2D eigenvalue weighted by atomic mass is 9.82. The Bertz CT molecular complexity index is 2440. The lowest BCUT2D eigenvalue weighted by Gasteiger charge is -2.41. The first kappa shape index (κ1) is 33.9. The van der Waals surface area contributed by atoms with Gasteiger partial charge in [0.1, 0.15) is 11.7 Å². The van der Waals surface area contributed by atoms with Gasteiger partial charge in [0.15, 0.2) is 0 Å². The number of anilines is 2. The Hall–Kier alpha value is -5.22. The summed E-state index contributed by atoms with van der Waals surface area (Å²) in [6, 6.07) is 44.9. The fraction of sp³-hybridized carbons (Fsp3) is 0.292. The van der Waals surface area contributed by atoms with Gasteiger partial charge in [-0.25, -0.2) is 0 Å². The van der Waals surface area contributed by atoms with Crippen molar-refractivity contribution in [1.82, 2.24) is 0 Å².